The van der Waals surface area contributed by atoms with Crippen molar-refractivity contribution in [2.45, 2.75) is 13.0 Å². The molecule has 0 heterocycles. The molecular formula is C15H15NO2. The molecule has 0 fully saturated rings. The van der Waals surface area contributed by atoms with Gasteiger partial charge in [-0.15, -0.1) is 0 Å². The van der Waals surface area contributed by atoms with E-state index in [0.717, 1.165) is 16.8 Å². The third-order valence-corrected chi connectivity index (χ3v) is 2.66. The molecule has 2 N–H and O–H groups in total. The van der Waals surface area contributed by atoms with Gasteiger partial charge in [0, 0.05) is 12.6 Å². The van der Waals surface area contributed by atoms with Crippen LogP contribution in [0.15, 0.2) is 54.6 Å². The first-order chi connectivity index (χ1) is 8.66. The number of anilines is 1. The normalized spacial score (nSPS) is 11.9. The molecule has 3 nitrogen and oxygen atoms in total. The summed E-state index contributed by atoms with van der Waals surface area (Å²) in [6, 6.07) is 16.6. The van der Waals surface area contributed by atoms with E-state index in [-0.39, 0.29) is 5.91 Å². The Morgan fingerprint density at radius 1 is 1.00 bits per heavy atom. The molecule has 0 unspecified atom stereocenters. The van der Waals surface area contributed by atoms with Crippen LogP contribution in [-0.2, 0) is 4.79 Å². The van der Waals surface area contributed by atoms with Gasteiger partial charge in [-0.2, -0.15) is 0 Å². The number of carbonyl (C=O) groups is 1. The number of amides is 1. The molecule has 0 radical (unpaired) electrons. The van der Waals surface area contributed by atoms with E-state index < -0.39 is 6.10 Å². The van der Waals surface area contributed by atoms with E-state index in [4.69, 9.17) is 0 Å². The molecule has 2 aromatic carbocycles. The minimum atomic E-state index is -0.641. The highest BCUT2D eigenvalue weighted by Gasteiger charge is 2.09. The second-order valence-corrected chi connectivity index (χ2v) is 4.12. The van der Waals surface area contributed by atoms with E-state index in [1.807, 2.05) is 42.5 Å². The van der Waals surface area contributed by atoms with Gasteiger partial charge in [0.2, 0.25) is 5.91 Å². The summed E-state index contributed by atoms with van der Waals surface area (Å²) in [7, 11) is 0. The minimum Gasteiger partial charge on any atom is -0.384 e. The number of rotatable bonds is 3. The molecular weight excluding hydrogens is 226 g/mol. The topological polar surface area (TPSA) is 49.3 Å². The maximum atomic E-state index is 10.9. The van der Waals surface area contributed by atoms with Crippen LogP contribution in [0.5, 0.6) is 0 Å². The summed E-state index contributed by atoms with van der Waals surface area (Å²) in [4.78, 5) is 10.9. The number of aliphatic hydroxyl groups excluding tert-OH is 1. The van der Waals surface area contributed by atoms with E-state index in [2.05, 4.69) is 5.32 Å². The summed E-state index contributed by atoms with van der Waals surface area (Å²) in [6.07, 6.45) is -0.641. The van der Waals surface area contributed by atoms with E-state index in [1.54, 1.807) is 12.1 Å². The third kappa shape index (κ3) is 2.96. The number of nitrogens with one attached hydrogen (secondary N) is 1. The molecule has 3 heteroatoms. The Labute approximate surface area is 106 Å². The first-order valence-electron chi connectivity index (χ1n) is 5.77. The molecule has 0 spiro atoms. The quantitative estimate of drug-likeness (QED) is 0.868. The first-order valence-corrected chi connectivity index (χ1v) is 5.77. The number of hydrogen-bond donors (Lipinski definition) is 2. The van der Waals surface area contributed by atoms with Crippen LogP contribution in [0.4, 0.5) is 5.69 Å². The maximum Gasteiger partial charge on any atom is 0.221 e. The molecule has 2 rings (SSSR count). The molecule has 0 aliphatic carbocycles. The van der Waals surface area contributed by atoms with Crippen LogP contribution < -0.4 is 5.32 Å². The molecule has 0 aromatic heterocycles. The fourth-order valence-electron chi connectivity index (χ4n) is 1.78. The van der Waals surface area contributed by atoms with Gasteiger partial charge < -0.3 is 10.4 Å². The van der Waals surface area contributed by atoms with Crippen LogP contribution in [0, 0.1) is 0 Å². The molecule has 0 aliphatic heterocycles. The molecule has 0 bridgehead atoms. The summed E-state index contributed by atoms with van der Waals surface area (Å²) in [6.45, 7) is 1.47. The van der Waals surface area contributed by atoms with Crippen molar-refractivity contribution in [2.75, 3.05) is 5.32 Å². The lowest BCUT2D eigenvalue weighted by Crippen LogP contribution is -2.06. The molecule has 2 aromatic rings. The van der Waals surface area contributed by atoms with E-state index in [9.17, 15) is 9.90 Å². The van der Waals surface area contributed by atoms with Gasteiger partial charge in [0.05, 0.1) is 0 Å². The lowest BCUT2D eigenvalue weighted by atomic mass is 10.0. The summed E-state index contributed by atoms with van der Waals surface area (Å²) < 4.78 is 0. The van der Waals surface area contributed by atoms with Crippen LogP contribution in [0.3, 0.4) is 0 Å². The van der Waals surface area contributed by atoms with Crippen LogP contribution in [-0.4, -0.2) is 11.0 Å². The Morgan fingerprint density at radius 3 is 2.11 bits per heavy atom. The van der Waals surface area contributed by atoms with Crippen molar-refractivity contribution in [3.05, 3.63) is 65.7 Å². The van der Waals surface area contributed by atoms with Crippen molar-refractivity contribution in [1.29, 1.82) is 0 Å². The Kier molecular flexibility index (Phi) is 3.75. The van der Waals surface area contributed by atoms with Gasteiger partial charge in [-0.3, -0.25) is 4.79 Å². The lowest BCUT2D eigenvalue weighted by Gasteiger charge is -2.12. The zero-order valence-electron chi connectivity index (χ0n) is 10.1. The number of aliphatic hydroxyl groups is 1. The average Bonchev–Trinajstić information content (AvgIpc) is 2.39. The fraction of sp³-hybridized carbons (Fsp3) is 0.133. The van der Waals surface area contributed by atoms with E-state index in [0.29, 0.717) is 0 Å². The average molecular weight is 241 g/mol. The van der Waals surface area contributed by atoms with Crippen molar-refractivity contribution in [3.8, 4) is 0 Å². The zero-order valence-corrected chi connectivity index (χ0v) is 10.1. The minimum absolute atomic E-state index is 0.105. The van der Waals surface area contributed by atoms with Crippen LogP contribution in [0.25, 0.3) is 0 Å². The molecule has 0 aliphatic rings. The third-order valence-electron chi connectivity index (χ3n) is 2.66. The monoisotopic (exact) mass is 241 g/mol. The predicted octanol–water partition coefficient (Wildman–Crippen LogP) is 2.73. The van der Waals surface area contributed by atoms with Gasteiger partial charge in [0.25, 0.3) is 0 Å². The first kappa shape index (κ1) is 12.3. The molecule has 0 saturated carbocycles. The van der Waals surface area contributed by atoms with Gasteiger partial charge in [-0.05, 0) is 23.3 Å². The van der Waals surface area contributed by atoms with Crippen LogP contribution in [0.2, 0.25) is 0 Å². The Bertz CT molecular complexity index is 520. The van der Waals surface area contributed by atoms with Crippen LogP contribution >= 0.6 is 0 Å². The molecule has 92 valence electrons. The molecule has 1 amide bonds. The standard InChI is InChI=1S/C15H15NO2/c1-11(17)16-14-9-7-13(8-10-14)15(18)12-5-3-2-4-6-12/h2-10,15,18H,1H3,(H,16,17)/t15-/m1/s1. The second-order valence-electron chi connectivity index (χ2n) is 4.12. The van der Waals surface area contributed by atoms with E-state index in [1.165, 1.54) is 6.92 Å². The lowest BCUT2D eigenvalue weighted by molar-refractivity contribution is -0.114. The highest BCUT2D eigenvalue weighted by molar-refractivity contribution is 5.88. The predicted molar refractivity (Wildman–Crippen MR) is 71.2 cm³/mol. The Balaban J connectivity index is 2.17. The molecule has 1 atom stereocenters. The molecule has 18 heavy (non-hydrogen) atoms. The van der Waals surface area contributed by atoms with E-state index >= 15 is 0 Å². The summed E-state index contributed by atoms with van der Waals surface area (Å²) in [5.74, 6) is -0.105. The summed E-state index contributed by atoms with van der Waals surface area (Å²) in [5, 5.41) is 12.9. The van der Waals surface area contributed by atoms with Gasteiger partial charge in [-0.1, -0.05) is 42.5 Å². The highest BCUT2D eigenvalue weighted by Crippen LogP contribution is 2.22. The molecule has 0 saturated heterocycles. The Hall–Kier alpha value is -2.13. The fourth-order valence-corrected chi connectivity index (χ4v) is 1.78. The number of carbonyl (C=O) groups excluding carboxylic acids is 1. The number of benzene rings is 2. The summed E-state index contributed by atoms with van der Waals surface area (Å²) in [5.41, 5.74) is 2.38. The largest absolute Gasteiger partial charge is 0.384 e. The zero-order chi connectivity index (χ0) is 13.0. The van der Waals surface area contributed by atoms with Crippen molar-refractivity contribution < 1.29 is 9.90 Å². The van der Waals surface area contributed by atoms with Crippen LogP contribution in [0.1, 0.15) is 24.2 Å². The van der Waals surface area contributed by atoms with Crippen molar-refractivity contribution >= 4 is 11.6 Å². The number of hydrogen-bond acceptors (Lipinski definition) is 2. The maximum absolute atomic E-state index is 10.9. The SMILES string of the molecule is CC(=O)Nc1ccc([C@H](O)c2ccccc2)cc1. The van der Waals surface area contributed by atoms with Gasteiger partial charge in [-0.25, -0.2) is 0 Å². The second kappa shape index (κ2) is 5.47. The summed E-state index contributed by atoms with van der Waals surface area (Å²) >= 11 is 0. The van der Waals surface area contributed by atoms with Gasteiger partial charge in [0.15, 0.2) is 0 Å². The smallest absolute Gasteiger partial charge is 0.221 e. The van der Waals surface area contributed by atoms with Gasteiger partial charge >= 0.3 is 0 Å². The highest BCUT2D eigenvalue weighted by atomic mass is 16.3. The van der Waals surface area contributed by atoms with Crippen molar-refractivity contribution in [3.63, 3.8) is 0 Å². The Morgan fingerprint density at radius 2 is 1.56 bits per heavy atom. The van der Waals surface area contributed by atoms with Crippen molar-refractivity contribution in [2.24, 2.45) is 0 Å². The van der Waals surface area contributed by atoms with Crippen molar-refractivity contribution in [1.82, 2.24) is 0 Å². The van der Waals surface area contributed by atoms with Gasteiger partial charge in [0.1, 0.15) is 6.10 Å².